The number of aromatic nitrogens is 1. The fourth-order valence-electron chi connectivity index (χ4n) is 3.15. The molecule has 0 saturated heterocycles. The first-order valence-corrected chi connectivity index (χ1v) is 10.4. The van der Waals surface area contributed by atoms with E-state index in [-0.39, 0.29) is 6.10 Å². The van der Waals surface area contributed by atoms with E-state index in [1.807, 2.05) is 43.5 Å². The van der Waals surface area contributed by atoms with Crippen LogP contribution in [0.4, 0.5) is 0 Å². The van der Waals surface area contributed by atoms with Gasteiger partial charge in [0, 0.05) is 17.3 Å². The number of hydrogen-bond donors (Lipinski definition) is 1. The number of allylic oxidation sites excluding steroid dienone is 1. The van der Waals surface area contributed by atoms with E-state index in [2.05, 4.69) is 54.0 Å². The van der Waals surface area contributed by atoms with E-state index in [1.54, 1.807) is 6.08 Å². The Bertz CT molecular complexity index is 940. The van der Waals surface area contributed by atoms with Gasteiger partial charge in [-0.3, -0.25) is 4.98 Å². The zero-order chi connectivity index (χ0) is 21.2. The van der Waals surface area contributed by atoms with E-state index in [9.17, 15) is 5.11 Å². The molecule has 2 aromatic carbocycles. The van der Waals surface area contributed by atoms with Crippen LogP contribution in [0.25, 0.3) is 28.5 Å². The van der Waals surface area contributed by atoms with Crippen LogP contribution in [0.3, 0.4) is 0 Å². The average molecular weight is 400 g/mol. The van der Waals surface area contributed by atoms with Crippen LogP contribution in [0.2, 0.25) is 0 Å². The first kappa shape index (κ1) is 21.5. The molecule has 0 bridgehead atoms. The van der Waals surface area contributed by atoms with Gasteiger partial charge in [-0.05, 0) is 67.6 Å². The molecule has 0 aliphatic heterocycles. The molecule has 0 saturated carbocycles. The highest BCUT2D eigenvalue weighted by atomic mass is 16.5. The second-order valence-electron chi connectivity index (χ2n) is 7.36. The normalized spacial score (nSPS) is 12.1. The summed E-state index contributed by atoms with van der Waals surface area (Å²) in [6, 6.07) is 20.6. The Morgan fingerprint density at radius 3 is 2.30 bits per heavy atom. The van der Waals surface area contributed by atoms with E-state index < -0.39 is 0 Å². The molecule has 0 fully saturated rings. The number of aliphatic hydroxyl groups excluding tert-OH is 1. The predicted octanol–water partition coefficient (Wildman–Crippen LogP) is 6.54. The third kappa shape index (κ3) is 6.43. The fraction of sp³-hybridized carbons (Fsp3) is 0.222. The molecule has 3 rings (SSSR count). The Balaban J connectivity index is 1.60. The Morgan fingerprint density at radius 2 is 1.67 bits per heavy atom. The van der Waals surface area contributed by atoms with Gasteiger partial charge < -0.3 is 9.84 Å². The number of rotatable bonds is 10. The van der Waals surface area contributed by atoms with Gasteiger partial charge in [0.05, 0.1) is 11.8 Å². The Morgan fingerprint density at radius 1 is 0.967 bits per heavy atom. The molecule has 0 amide bonds. The molecule has 1 unspecified atom stereocenters. The van der Waals surface area contributed by atoms with Gasteiger partial charge in [0.15, 0.2) is 0 Å². The molecule has 3 aromatic rings. The number of benzene rings is 2. The van der Waals surface area contributed by atoms with E-state index in [1.165, 1.54) is 5.56 Å². The second-order valence-corrected chi connectivity index (χ2v) is 7.36. The highest BCUT2D eigenvalue weighted by Crippen LogP contribution is 2.24. The average Bonchev–Trinajstić information content (AvgIpc) is 2.78. The lowest BCUT2D eigenvalue weighted by Gasteiger charge is -2.07. The Kier molecular flexibility index (Phi) is 7.99. The van der Waals surface area contributed by atoms with Crippen LogP contribution in [-0.2, 0) is 0 Å². The molecule has 154 valence electrons. The molecule has 0 aliphatic carbocycles. The van der Waals surface area contributed by atoms with Crippen molar-refractivity contribution in [1.82, 2.24) is 4.98 Å². The van der Waals surface area contributed by atoms with Crippen molar-refractivity contribution in [3.63, 3.8) is 0 Å². The lowest BCUT2D eigenvalue weighted by molar-refractivity contribution is 0.182. The van der Waals surface area contributed by atoms with Gasteiger partial charge >= 0.3 is 0 Å². The van der Waals surface area contributed by atoms with Crippen molar-refractivity contribution in [2.24, 2.45) is 0 Å². The lowest BCUT2D eigenvalue weighted by Crippen LogP contribution is -1.97. The maximum Gasteiger partial charge on any atom is 0.119 e. The Labute approximate surface area is 179 Å². The maximum absolute atomic E-state index is 9.29. The van der Waals surface area contributed by atoms with Gasteiger partial charge in [-0.25, -0.2) is 0 Å². The van der Waals surface area contributed by atoms with Crippen LogP contribution >= 0.6 is 0 Å². The summed E-state index contributed by atoms with van der Waals surface area (Å²) in [5.41, 5.74) is 5.42. The van der Waals surface area contributed by atoms with Crippen molar-refractivity contribution in [2.45, 2.75) is 32.3 Å². The van der Waals surface area contributed by atoms with E-state index in [4.69, 9.17) is 4.74 Å². The third-order valence-electron chi connectivity index (χ3n) is 4.83. The predicted molar refractivity (Wildman–Crippen MR) is 125 cm³/mol. The molecule has 0 radical (unpaired) electrons. The highest BCUT2D eigenvalue weighted by Gasteiger charge is 2.03. The quantitative estimate of drug-likeness (QED) is 0.311. The zero-order valence-corrected chi connectivity index (χ0v) is 17.5. The Hall–Kier alpha value is -3.17. The van der Waals surface area contributed by atoms with Crippen molar-refractivity contribution in [3.8, 4) is 28.1 Å². The standard InChI is InChI=1S/C27H29NO2/c1-3-19-30-26-16-13-24(14-17-26)27-18-15-25(20-28-27)23-11-9-22(10-12-23)8-6-4-5-7-21(2)29/h3,6,8-18,20-21,29H,1,4-5,7,19H2,2H3. The fourth-order valence-corrected chi connectivity index (χ4v) is 3.15. The molecule has 30 heavy (non-hydrogen) atoms. The van der Waals surface area contributed by atoms with Gasteiger partial charge in [-0.2, -0.15) is 0 Å². The van der Waals surface area contributed by atoms with Crippen LogP contribution in [0.1, 0.15) is 31.7 Å². The number of unbranched alkanes of at least 4 members (excludes halogenated alkanes) is 1. The maximum atomic E-state index is 9.29. The molecule has 3 nitrogen and oxygen atoms in total. The van der Waals surface area contributed by atoms with Crippen molar-refractivity contribution >= 4 is 6.08 Å². The summed E-state index contributed by atoms with van der Waals surface area (Å²) in [7, 11) is 0. The van der Waals surface area contributed by atoms with Crippen LogP contribution in [0.15, 0.2) is 85.6 Å². The van der Waals surface area contributed by atoms with E-state index >= 15 is 0 Å². The van der Waals surface area contributed by atoms with Crippen molar-refractivity contribution in [1.29, 1.82) is 0 Å². The third-order valence-corrected chi connectivity index (χ3v) is 4.83. The molecule has 0 spiro atoms. The molecule has 1 N–H and O–H groups in total. The molecule has 0 aliphatic rings. The summed E-state index contributed by atoms with van der Waals surface area (Å²) >= 11 is 0. The molecule has 3 heteroatoms. The number of hydrogen-bond acceptors (Lipinski definition) is 3. The molecular weight excluding hydrogens is 370 g/mol. The van der Waals surface area contributed by atoms with Gasteiger partial charge in [-0.15, -0.1) is 0 Å². The topological polar surface area (TPSA) is 42.4 Å². The smallest absolute Gasteiger partial charge is 0.119 e. The van der Waals surface area contributed by atoms with Gasteiger partial charge in [0.2, 0.25) is 0 Å². The summed E-state index contributed by atoms with van der Waals surface area (Å²) in [5.74, 6) is 0.826. The molecule has 1 atom stereocenters. The molecule has 1 aromatic heterocycles. The summed E-state index contributed by atoms with van der Waals surface area (Å²) in [6.45, 7) is 6.00. The van der Waals surface area contributed by atoms with Gasteiger partial charge in [0.1, 0.15) is 12.4 Å². The first-order chi connectivity index (χ1) is 14.7. The highest BCUT2D eigenvalue weighted by molar-refractivity contribution is 5.68. The van der Waals surface area contributed by atoms with Crippen LogP contribution in [-0.4, -0.2) is 22.8 Å². The summed E-state index contributed by atoms with van der Waals surface area (Å²) in [5, 5.41) is 9.29. The lowest BCUT2D eigenvalue weighted by atomic mass is 10.0. The van der Waals surface area contributed by atoms with Gasteiger partial charge in [-0.1, -0.05) is 55.1 Å². The SMILES string of the molecule is C=CCOc1ccc(-c2ccc(-c3ccc(C=CCCCC(C)O)cc3)cn2)cc1. The van der Waals surface area contributed by atoms with Crippen LogP contribution in [0, 0.1) is 0 Å². The number of ether oxygens (including phenoxy) is 1. The van der Waals surface area contributed by atoms with E-state index in [0.29, 0.717) is 6.61 Å². The first-order valence-electron chi connectivity index (χ1n) is 10.4. The minimum atomic E-state index is -0.214. The minimum absolute atomic E-state index is 0.214. The van der Waals surface area contributed by atoms with Crippen molar-refractivity contribution < 1.29 is 9.84 Å². The van der Waals surface area contributed by atoms with Crippen LogP contribution < -0.4 is 4.74 Å². The summed E-state index contributed by atoms with van der Waals surface area (Å²) in [4.78, 5) is 4.63. The van der Waals surface area contributed by atoms with E-state index in [0.717, 1.165) is 47.4 Å². The summed E-state index contributed by atoms with van der Waals surface area (Å²) in [6.07, 6.45) is 10.6. The van der Waals surface area contributed by atoms with Crippen molar-refractivity contribution in [2.75, 3.05) is 6.61 Å². The number of nitrogens with zero attached hydrogens (tertiary/aromatic N) is 1. The summed E-state index contributed by atoms with van der Waals surface area (Å²) < 4.78 is 5.53. The van der Waals surface area contributed by atoms with Crippen LogP contribution in [0.5, 0.6) is 5.75 Å². The van der Waals surface area contributed by atoms with Crippen molar-refractivity contribution in [3.05, 3.63) is 91.2 Å². The monoisotopic (exact) mass is 399 g/mol. The molecular formula is C27H29NO2. The van der Waals surface area contributed by atoms with Gasteiger partial charge in [0.25, 0.3) is 0 Å². The molecule has 1 heterocycles. The number of pyridine rings is 1. The number of aliphatic hydroxyl groups is 1. The minimum Gasteiger partial charge on any atom is -0.490 e. The zero-order valence-electron chi connectivity index (χ0n) is 17.5. The largest absolute Gasteiger partial charge is 0.490 e. The second kappa shape index (κ2) is 11.1.